The molecule has 3 aliphatic heterocycles. The van der Waals surface area contributed by atoms with Crippen LogP contribution in [-0.2, 0) is 37.4 Å². The Bertz CT molecular complexity index is 1600. The number of nitrogens with zero attached hydrogens (tertiary/aromatic N) is 3. The lowest BCUT2D eigenvalue weighted by Gasteiger charge is -2.47. The van der Waals surface area contributed by atoms with E-state index in [0.717, 1.165) is 22.9 Å². The molecule has 5 heterocycles. The molecule has 1 aromatic carbocycles. The fourth-order valence-electron chi connectivity index (χ4n) is 7.18. The van der Waals surface area contributed by atoms with Gasteiger partial charge in [-0.2, -0.15) is 0 Å². The molecule has 0 bridgehead atoms. The third kappa shape index (κ3) is 4.34. The number of nitrogens with one attached hydrogen (secondary N) is 2. The van der Waals surface area contributed by atoms with E-state index in [2.05, 4.69) is 20.6 Å². The van der Waals surface area contributed by atoms with Gasteiger partial charge in [-0.05, 0) is 67.5 Å². The average Bonchev–Trinajstić information content (AvgIpc) is 3.48. The minimum Gasteiger partial charge on any atom is -0.381 e. The van der Waals surface area contributed by atoms with Crippen LogP contribution in [0.25, 0.3) is 0 Å². The highest BCUT2D eigenvalue weighted by Gasteiger charge is 2.52. The van der Waals surface area contributed by atoms with Gasteiger partial charge < -0.3 is 20.3 Å². The van der Waals surface area contributed by atoms with Crippen LogP contribution in [0.4, 0.5) is 20.3 Å². The van der Waals surface area contributed by atoms with Gasteiger partial charge in [0.2, 0.25) is 17.7 Å². The first-order chi connectivity index (χ1) is 20.3. The molecule has 0 saturated carbocycles. The summed E-state index contributed by atoms with van der Waals surface area (Å²) in [6.45, 7) is 0.616. The molecule has 3 aromatic rings. The second kappa shape index (κ2) is 9.94. The molecule has 2 saturated heterocycles. The SMILES string of the molecule is O=C(CN1C(=O)C2(CCOCC2)CC[C@H]1c1cc(F)cc(F)c1)Nc1cnc2c(c1)CC1(C2)C(=O)Nc2ncccc21. The molecule has 11 heteroatoms. The second-order valence-electron chi connectivity index (χ2n) is 11.8. The molecule has 0 radical (unpaired) electrons. The number of fused-ring (bicyclic) bond motifs is 3. The van der Waals surface area contributed by atoms with E-state index in [1.807, 2.05) is 12.1 Å². The highest BCUT2D eigenvalue weighted by Crippen LogP contribution is 2.48. The van der Waals surface area contributed by atoms with Gasteiger partial charge in [-0.1, -0.05) is 6.07 Å². The smallest absolute Gasteiger partial charge is 0.244 e. The van der Waals surface area contributed by atoms with Gasteiger partial charge in [0.25, 0.3) is 0 Å². The minimum absolute atomic E-state index is 0.120. The summed E-state index contributed by atoms with van der Waals surface area (Å²) in [5.41, 5.74) is 1.79. The molecule has 9 nitrogen and oxygen atoms in total. The number of aromatic nitrogens is 2. The molecule has 3 amide bonds. The summed E-state index contributed by atoms with van der Waals surface area (Å²) in [5.74, 6) is -1.67. The molecule has 42 heavy (non-hydrogen) atoms. The van der Waals surface area contributed by atoms with E-state index in [0.29, 0.717) is 68.8 Å². The lowest BCUT2D eigenvalue weighted by atomic mass is 9.70. The molecule has 2 spiro atoms. The van der Waals surface area contributed by atoms with Crippen LogP contribution < -0.4 is 10.6 Å². The maximum absolute atomic E-state index is 14.2. The number of amides is 3. The van der Waals surface area contributed by atoms with Crippen molar-refractivity contribution >= 4 is 29.2 Å². The Morgan fingerprint density at radius 1 is 1.07 bits per heavy atom. The predicted octanol–water partition coefficient (Wildman–Crippen LogP) is 3.84. The van der Waals surface area contributed by atoms with Gasteiger partial charge in [0.05, 0.1) is 28.8 Å². The fraction of sp³-hybridized carbons (Fsp3) is 0.387. The standard InChI is InChI=1S/C31H29F2N5O4/c32-20-10-18(11-21(33)13-20)25-3-4-30(5-8-42-9-6-30)29(41)38(25)17-26(39)36-22-12-19-14-31(15-24(19)35-16-22)23-2-1-7-34-27(23)37-28(31)40/h1-2,7,10-13,16,25H,3-6,8-9,14-15,17H2,(H,36,39)(H,34,37,40)/t25-,31?/m0/s1. The van der Waals surface area contributed by atoms with Gasteiger partial charge in [0, 0.05) is 43.2 Å². The van der Waals surface area contributed by atoms with Gasteiger partial charge in [-0.3, -0.25) is 19.4 Å². The van der Waals surface area contributed by atoms with Crippen LogP contribution >= 0.6 is 0 Å². The van der Waals surface area contributed by atoms with Crippen LogP contribution in [0.15, 0.2) is 48.8 Å². The van der Waals surface area contributed by atoms with Crippen molar-refractivity contribution in [2.75, 3.05) is 30.4 Å². The Labute approximate surface area is 240 Å². The third-order valence-corrected chi connectivity index (χ3v) is 9.32. The van der Waals surface area contributed by atoms with Crippen molar-refractivity contribution in [3.05, 3.63) is 82.8 Å². The van der Waals surface area contributed by atoms with Gasteiger partial charge in [0.15, 0.2) is 0 Å². The van der Waals surface area contributed by atoms with Crippen molar-refractivity contribution in [3.63, 3.8) is 0 Å². The number of halogens is 2. The Morgan fingerprint density at radius 3 is 2.64 bits per heavy atom. The number of pyridine rings is 2. The summed E-state index contributed by atoms with van der Waals surface area (Å²) >= 11 is 0. The van der Waals surface area contributed by atoms with Gasteiger partial charge in [-0.15, -0.1) is 0 Å². The number of anilines is 2. The Morgan fingerprint density at radius 2 is 1.86 bits per heavy atom. The molecular formula is C31H29F2N5O4. The monoisotopic (exact) mass is 573 g/mol. The van der Waals surface area contributed by atoms with E-state index >= 15 is 0 Å². The van der Waals surface area contributed by atoms with E-state index in [4.69, 9.17) is 4.74 Å². The van der Waals surface area contributed by atoms with Gasteiger partial charge in [-0.25, -0.2) is 13.8 Å². The summed E-state index contributed by atoms with van der Waals surface area (Å²) in [4.78, 5) is 50.6. The van der Waals surface area contributed by atoms with Gasteiger partial charge >= 0.3 is 0 Å². The summed E-state index contributed by atoms with van der Waals surface area (Å²) in [5, 5.41) is 5.72. The number of ether oxygens (including phenoxy) is 1. The summed E-state index contributed by atoms with van der Waals surface area (Å²) in [6, 6.07) is 8.11. The van der Waals surface area contributed by atoms with Crippen molar-refractivity contribution < 1.29 is 27.9 Å². The predicted molar refractivity (Wildman–Crippen MR) is 147 cm³/mol. The van der Waals surface area contributed by atoms with Crippen molar-refractivity contribution in [2.24, 2.45) is 5.41 Å². The Kier molecular flexibility index (Phi) is 6.30. The molecule has 2 N–H and O–H groups in total. The molecule has 4 aliphatic rings. The Balaban J connectivity index is 1.12. The molecule has 2 fully saturated rings. The van der Waals surface area contributed by atoms with E-state index in [9.17, 15) is 23.2 Å². The number of hydrogen-bond donors (Lipinski definition) is 2. The fourth-order valence-corrected chi connectivity index (χ4v) is 7.18. The van der Waals surface area contributed by atoms with E-state index in [1.54, 1.807) is 18.5 Å². The summed E-state index contributed by atoms with van der Waals surface area (Å²) in [6.07, 6.45) is 6.14. The van der Waals surface area contributed by atoms with Crippen LogP contribution in [0, 0.1) is 17.0 Å². The van der Waals surface area contributed by atoms with Crippen molar-refractivity contribution in [2.45, 2.75) is 50.0 Å². The van der Waals surface area contributed by atoms with Crippen LogP contribution in [0.5, 0.6) is 0 Å². The van der Waals surface area contributed by atoms with Crippen LogP contribution in [-0.4, -0.2) is 52.3 Å². The van der Waals surface area contributed by atoms with Crippen molar-refractivity contribution in [3.8, 4) is 0 Å². The number of hydrogen-bond acceptors (Lipinski definition) is 6. The number of carbonyl (C=O) groups excluding carboxylic acids is 3. The molecular weight excluding hydrogens is 544 g/mol. The Hall–Kier alpha value is -4.25. The maximum atomic E-state index is 14.2. The number of likely N-dealkylation sites (tertiary alicyclic amines) is 1. The lowest BCUT2D eigenvalue weighted by molar-refractivity contribution is -0.159. The van der Waals surface area contributed by atoms with Crippen LogP contribution in [0.1, 0.15) is 54.1 Å². The normalized spacial score (nSPS) is 24.0. The summed E-state index contributed by atoms with van der Waals surface area (Å²) in [7, 11) is 0. The highest BCUT2D eigenvalue weighted by atomic mass is 19.1. The summed E-state index contributed by atoms with van der Waals surface area (Å²) < 4.78 is 33.8. The maximum Gasteiger partial charge on any atom is 0.244 e. The number of rotatable bonds is 4. The molecule has 2 aromatic heterocycles. The zero-order valence-corrected chi connectivity index (χ0v) is 22.8. The van der Waals surface area contributed by atoms with E-state index < -0.39 is 34.4 Å². The minimum atomic E-state index is -0.784. The highest BCUT2D eigenvalue weighted by molar-refractivity contribution is 6.06. The average molecular weight is 574 g/mol. The molecule has 216 valence electrons. The van der Waals surface area contributed by atoms with Gasteiger partial charge in [0.1, 0.15) is 24.0 Å². The topological polar surface area (TPSA) is 114 Å². The zero-order chi connectivity index (χ0) is 29.1. The second-order valence-corrected chi connectivity index (χ2v) is 11.8. The zero-order valence-electron chi connectivity index (χ0n) is 22.8. The van der Waals surface area contributed by atoms with Crippen LogP contribution in [0.3, 0.4) is 0 Å². The quantitative estimate of drug-likeness (QED) is 0.491. The molecule has 7 rings (SSSR count). The van der Waals surface area contributed by atoms with Crippen LogP contribution in [0.2, 0.25) is 0 Å². The lowest BCUT2D eigenvalue weighted by Crippen LogP contribution is -2.54. The first-order valence-corrected chi connectivity index (χ1v) is 14.2. The number of piperidine rings is 1. The first-order valence-electron chi connectivity index (χ1n) is 14.2. The molecule has 1 aliphatic carbocycles. The first kappa shape index (κ1) is 26.6. The largest absolute Gasteiger partial charge is 0.381 e. The van der Waals surface area contributed by atoms with E-state index in [1.165, 1.54) is 17.0 Å². The number of carbonyl (C=O) groups is 3. The molecule has 1 unspecified atom stereocenters. The molecule has 2 atom stereocenters. The third-order valence-electron chi connectivity index (χ3n) is 9.32. The van der Waals surface area contributed by atoms with Crippen molar-refractivity contribution in [1.82, 2.24) is 14.9 Å². The number of benzene rings is 1. The van der Waals surface area contributed by atoms with Crippen molar-refractivity contribution in [1.29, 1.82) is 0 Å². The van der Waals surface area contributed by atoms with E-state index in [-0.39, 0.29) is 18.4 Å².